The first kappa shape index (κ1) is 20.5. The number of carbonyl (C=O) groups is 1. The van der Waals surface area contributed by atoms with Crippen LogP contribution in [0.2, 0.25) is 0 Å². The van der Waals surface area contributed by atoms with Crippen LogP contribution >= 0.6 is 0 Å². The molecule has 2 unspecified atom stereocenters. The van der Waals surface area contributed by atoms with Gasteiger partial charge >= 0.3 is 5.97 Å². The molecule has 1 fully saturated rings. The number of hydrogen-bond donors (Lipinski definition) is 0. The molecule has 1 aliphatic carbocycles. The largest absolute Gasteiger partial charge is 0.493 e. The second-order valence-electron chi connectivity index (χ2n) is 9.35. The fourth-order valence-electron chi connectivity index (χ4n) is 5.64. The third-order valence-electron chi connectivity index (χ3n) is 7.65. The molecule has 5 heteroatoms. The SMILES string of the molecule is CC[C@@H](C)C(=O)O[C@H]1CCC(C)[C@@]23CCN(C)Cc4ccc(OC)c(c42)OC3C1. The summed E-state index contributed by atoms with van der Waals surface area (Å²) >= 11 is 0. The molecular formula is C24H35NO4. The molecule has 1 aromatic carbocycles. The van der Waals surface area contributed by atoms with Crippen molar-refractivity contribution in [1.82, 2.24) is 4.90 Å². The number of esters is 1. The maximum absolute atomic E-state index is 12.5. The van der Waals surface area contributed by atoms with Crippen molar-refractivity contribution in [2.45, 2.75) is 77.0 Å². The molecule has 3 aliphatic rings. The van der Waals surface area contributed by atoms with E-state index in [2.05, 4.69) is 24.9 Å². The molecule has 2 heterocycles. The van der Waals surface area contributed by atoms with E-state index >= 15 is 0 Å². The Balaban J connectivity index is 1.72. The first-order chi connectivity index (χ1) is 13.9. The Morgan fingerprint density at radius 1 is 1.38 bits per heavy atom. The minimum Gasteiger partial charge on any atom is -0.493 e. The maximum Gasteiger partial charge on any atom is 0.308 e. The lowest BCUT2D eigenvalue weighted by atomic mass is 9.64. The van der Waals surface area contributed by atoms with Crippen LogP contribution < -0.4 is 9.47 Å². The van der Waals surface area contributed by atoms with Crippen molar-refractivity contribution < 1.29 is 19.0 Å². The van der Waals surface area contributed by atoms with Crippen molar-refractivity contribution in [3.63, 3.8) is 0 Å². The van der Waals surface area contributed by atoms with Gasteiger partial charge in [0, 0.05) is 23.9 Å². The molecule has 5 nitrogen and oxygen atoms in total. The van der Waals surface area contributed by atoms with Crippen LogP contribution in [-0.4, -0.2) is 43.8 Å². The molecule has 0 bridgehead atoms. The predicted molar refractivity (Wildman–Crippen MR) is 112 cm³/mol. The Labute approximate surface area is 174 Å². The minimum atomic E-state index is -0.0759. The fourth-order valence-corrected chi connectivity index (χ4v) is 5.64. The van der Waals surface area contributed by atoms with Crippen molar-refractivity contribution in [1.29, 1.82) is 0 Å². The van der Waals surface area contributed by atoms with Crippen molar-refractivity contribution in [3.8, 4) is 11.5 Å². The van der Waals surface area contributed by atoms with Crippen LogP contribution in [0.15, 0.2) is 12.1 Å². The highest BCUT2D eigenvalue weighted by Crippen LogP contribution is 2.58. The van der Waals surface area contributed by atoms with Gasteiger partial charge in [-0.15, -0.1) is 0 Å². The first-order valence-corrected chi connectivity index (χ1v) is 11.2. The van der Waals surface area contributed by atoms with Gasteiger partial charge in [-0.05, 0) is 56.8 Å². The van der Waals surface area contributed by atoms with Crippen LogP contribution in [0.25, 0.3) is 0 Å². The van der Waals surface area contributed by atoms with Gasteiger partial charge in [0.05, 0.1) is 13.0 Å². The summed E-state index contributed by atoms with van der Waals surface area (Å²) in [5.41, 5.74) is 2.67. The Bertz CT molecular complexity index is 778. The maximum atomic E-state index is 12.5. The molecule has 0 N–H and O–H groups in total. The Morgan fingerprint density at radius 3 is 2.90 bits per heavy atom. The minimum absolute atomic E-state index is 0.0197. The molecule has 160 valence electrons. The van der Waals surface area contributed by atoms with E-state index < -0.39 is 0 Å². The highest BCUT2D eigenvalue weighted by molar-refractivity contribution is 5.72. The van der Waals surface area contributed by atoms with E-state index in [0.29, 0.717) is 5.92 Å². The average Bonchev–Trinajstić information content (AvgIpc) is 2.87. The summed E-state index contributed by atoms with van der Waals surface area (Å²) < 4.78 is 18.3. The van der Waals surface area contributed by atoms with Crippen molar-refractivity contribution in [2.24, 2.45) is 11.8 Å². The van der Waals surface area contributed by atoms with E-state index in [1.165, 1.54) is 11.1 Å². The van der Waals surface area contributed by atoms with Crippen LogP contribution in [0.5, 0.6) is 11.5 Å². The zero-order valence-corrected chi connectivity index (χ0v) is 18.5. The monoisotopic (exact) mass is 401 g/mol. The van der Waals surface area contributed by atoms with Crippen LogP contribution in [-0.2, 0) is 21.5 Å². The van der Waals surface area contributed by atoms with Crippen molar-refractivity contribution in [3.05, 3.63) is 23.3 Å². The Kier molecular flexibility index (Phi) is 5.54. The second kappa shape index (κ2) is 7.82. The standard InChI is InChI=1S/C24H35NO4/c1-6-15(2)23(26)28-18-9-7-16(3)24-11-12-25(4)14-17-8-10-19(27-5)22(21(17)24)29-20(24)13-18/h8,10,15-16,18,20H,6-7,9,11-14H2,1-5H3/t15-,16?,18+,20?,24-/m1/s1. The lowest BCUT2D eigenvalue weighted by molar-refractivity contribution is -0.155. The second-order valence-corrected chi connectivity index (χ2v) is 9.35. The summed E-state index contributed by atoms with van der Waals surface area (Å²) in [7, 11) is 3.91. The molecule has 29 heavy (non-hydrogen) atoms. The number of rotatable bonds is 4. The first-order valence-electron chi connectivity index (χ1n) is 11.2. The van der Waals surface area contributed by atoms with E-state index in [0.717, 1.165) is 56.7 Å². The summed E-state index contributed by atoms with van der Waals surface area (Å²) in [4.78, 5) is 14.9. The van der Waals surface area contributed by atoms with Gasteiger partial charge in [0.15, 0.2) is 11.5 Å². The number of nitrogens with zero attached hydrogens (tertiary/aromatic N) is 1. The number of methoxy groups -OCH3 is 1. The van der Waals surface area contributed by atoms with Crippen LogP contribution in [0, 0.1) is 11.8 Å². The number of carbonyl (C=O) groups excluding carboxylic acids is 1. The molecule has 4 rings (SSSR count). The Morgan fingerprint density at radius 2 is 2.17 bits per heavy atom. The molecule has 0 radical (unpaired) electrons. The summed E-state index contributed by atoms with van der Waals surface area (Å²) in [6.45, 7) is 8.31. The molecule has 0 saturated heterocycles. The number of hydrogen-bond acceptors (Lipinski definition) is 5. The zero-order chi connectivity index (χ0) is 20.8. The topological polar surface area (TPSA) is 48.0 Å². The molecule has 5 atom stereocenters. The van der Waals surface area contributed by atoms with E-state index in [1.54, 1.807) is 7.11 Å². The van der Waals surface area contributed by atoms with Gasteiger partial charge < -0.3 is 19.1 Å². The normalized spacial score (nSPS) is 32.2. The summed E-state index contributed by atoms with van der Waals surface area (Å²) in [6.07, 6.45) is 4.53. The summed E-state index contributed by atoms with van der Waals surface area (Å²) in [5.74, 6) is 2.07. The van der Waals surface area contributed by atoms with Gasteiger partial charge in [-0.2, -0.15) is 0 Å². The van der Waals surface area contributed by atoms with Gasteiger partial charge in [-0.3, -0.25) is 4.79 Å². The highest BCUT2D eigenvalue weighted by Gasteiger charge is 2.56. The van der Waals surface area contributed by atoms with Gasteiger partial charge in [0.25, 0.3) is 0 Å². The molecule has 1 saturated carbocycles. The van der Waals surface area contributed by atoms with Crippen molar-refractivity contribution >= 4 is 5.97 Å². The quantitative estimate of drug-likeness (QED) is 0.704. The van der Waals surface area contributed by atoms with Crippen LogP contribution in [0.1, 0.15) is 64.0 Å². The molecular weight excluding hydrogens is 366 g/mol. The van der Waals surface area contributed by atoms with Gasteiger partial charge in [0.1, 0.15) is 12.2 Å². The van der Waals surface area contributed by atoms with Gasteiger partial charge in [-0.25, -0.2) is 0 Å². The smallest absolute Gasteiger partial charge is 0.308 e. The third-order valence-corrected chi connectivity index (χ3v) is 7.65. The number of benzene rings is 1. The van der Waals surface area contributed by atoms with E-state index in [9.17, 15) is 4.79 Å². The molecule has 0 amide bonds. The lowest BCUT2D eigenvalue weighted by Crippen LogP contribution is -2.44. The zero-order valence-electron chi connectivity index (χ0n) is 18.5. The fraction of sp³-hybridized carbons (Fsp3) is 0.708. The Hall–Kier alpha value is -1.75. The average molecular weight is 402 g/mol. The lowest BCUT2D eigenvalue weighted by Gasteiger charge is -2.38. The molecule has 0 aromatic heterocycles. The van der Waals surface area contributed by atoms with Gasteiger partial charge in [-0.1, -0.05) is 26.8 Å². The van der Waals surface area contributed by atoms with E-state index in [4.69, 9.17) is 14.2 Å². The van der Waals surface area contributed by atoms with Gasteiger partial charge in [0.2, 0.25) is 0 Å². The predicted octanol–water partition coefficient (Wildman–Crippen LogP) is 4.31. The number of ether oxygens (including phenoxy) is 3. The molecule has 1 spiro atoms. The highest BCUT2D eigenvalue weighted by atomic mass is 16.6. The van der Waals surface area contributed by atoms with E-state index in [1.807, 2.05) is 19.9 Å². The van der Waals surface area contributed by atoms with Crippen LogP contribution in [0.3, 0.4) is 0 Å². The third kappa shape index (κ3) is 3.31. The summed E-state index contributed by atoms with van der Waals surface area (Å²) in [5, 5.41) is 0. The summed E-state index contributed by atoms with van der Waals surface area (Å²) in [6, 6.07) is 4.25. The van der Waals surface area contributed by atoms with Crippen LogP contribution in [0.4, 0.5) is 0 Å². The van der Waals surface area contributed by atoms with E-state index in [-0.39, 0.29) is 29.5 Å². The molecule has 2 aliphatic heterocycles. The van der Waals surface area contributed by atoms with Crippen molar-refractivity contribution in [2.75, 3.05) is 20.7 Å². The molecule has 1 aromatic rings.